The van der Waals surface area contributed by atoms with Crippen molar-refractivity contribution in [1.82, 2.24) is 4.90 Å². The fourth-order valence-corrected chi connectivity index (χ4v) is 4.79. The number of Topliss-reactive ketones (excluding diaryl/α,β-unsaturated/α-hetero) is 1. The molecule has 1 aromatic rings. The average molecular weight is 476 g/mol. The number of hydrogen-bond donors (Lipinski definition) is 1. The van der Waals surface area contributed by atoms with Crippen molar-refractivity contribution >= 4 is 35.1 Å². The maximum Gasteiger partial charge on any atom is 0.335 e. The second kappa shape index (κ2) is 10.3. The van der Waals surface area contributed by atoms with Crippen LogP contribution in [0, 0.1) is 17.8 Å². The van der Waals surface area contributed by atoms with E-state index in [1.54, 1.807) is 23.1 Å². The molecule has 0 saturated carbocycles. The summed E-state index contributed by atoms with van der Waals surface area (Å²) in [6, 6.07) is 6.09. The van der Waals surface area contributed by atoms with Gasteiger partial charge < -0.3 is 10.0 Å². The Kier molecular flexibility index (Phi) is 7.19. The molecule has 8 heteroatoms. The van der Waals surface area contributed by atoms with Crippen molar-refractivity contribution in [2.45, 2.75) is 39.5 Å². The molecule has 1 fully saturated rings. The van der Waals surface area contributed by atoms with Crippen molar-refractivity contribution in [1.29, 1.82) is 0 Å². The minimum Gasteiger partial charge on any atom is -0.478 e. The number of aliphatic imine (C=N–C) groups is 2. The number of benzene rings is 1. The van der Waals surface area contributed by atoms with Gasteiger partial charge in [0.2, 0.25) is 5.91 Å². The third-order valence-corrected chi connectivity index (χ3v) is 6.77. The molecule has 4 rings (SSSR count). The van der Waals surface area contributed by atoms with Crippen LogP contribution < -0.4 is 0 Å². The van der Waals surface area contributed by atoms with Crippen molar-refractivity contribution in [3.63, 3.8) is 0 Å². The van der Waals surface area contributed by atoms with Gasteiger partial charge in [-0.3, -0.25) is 14.4 Å². The van der Waals surface area contributed by atoms with E-state index in [2.05, 4.69) is 9.98 Å². The summed E-state index contributed by atoms with van der Waals surface area (Å²) in [5.74, 6) is -1.54. The molecule has 1 saturated heterocycles. The largest absolute Gasteiger partial charge is 0.478 e. The molecule has 0 radical (unpaired) electrons. The Balaban J connectivity index is 1.29. The molecule has 1 aliphatic carbocycles. The molecule has 1 aromatic carbocycles. The summed E-state index contributed by atoms with van der Waals surface area (Å²) in [5, 5.41) is 9.16. The van der Waals surface area contributed by atoms with E-state index in [4.69, 9.17) is 5.11 Å². The number of allylic oxidation sites excluding steroid dienone is 3. The van der Waals surface area contributed by atoms with E-state index in [0.29, 0.717) is 50.2 Å². The van der Waals surface area contributed by atoms with E-state index in [1.165, 1.54) is 12.1 Å². The third kappa shape index (κ3) is 5.53. The highest BCUT2D eigenvalue weighted by molar-refractivity contribution is 6.23. The number of rotatable bonds is 7. The second-order valence-corrected chi connectivity index (χ2v) is 9.49. The summed E-state index contributed by atoms with van der Waals surface area (Å²) in [5.41, 5.74) is 2.18. The maximum atomic E-state index is 12.9. The van der Waals surface area contributed by atoms with Gasteiger partial charge in [0.15, 0.2) is 5.78 Å². The van der Waals surface area contributed by atoms with Gasteiger partial charge in [0.25, 0.3) is 5.91 Å². The number of carbonyl (C=O) groups is 4. The monoisotopic (exact) mass is 475 g/mol. The van der Waals surface area contributed by atoms with Gasteiger partial charge in [-0.1, -0.05) is 37.3 Å². The second-order valence-electron chi connectivity index (χ2n) is 9.49. The number of carbonyl (C=O) groups excluding carboxylic acids is 3. The van der Waals surface area contributed by atoms with E-state index < -0.39 is 11.9 Å². The lowest BCUT2D eigenvalue weighted by Gasteiger charge is -2.32. The smallest absolute Gasteiger partial charge is 0.335 e. The van der Waals surface area contributed by atoms with Crippen LogP contribution in [0.1, 0.15) is 60.2 Å². The lowest BCUT2D eigenvalue weighted by Crippen LogP contribution is -2.41. The molecule has 3 aliphatic rings. The van der Waals surface area contributed by atoms with Gasteiger partial charge in [-0.2, -0.15) is 4.99 Å². The molecule has 8 nitrogen and oxygen atoms in total. The van der Waals surface area contributed by atoms with Gasteiger partial charge in [0.05, 0.1) is 11.3 Å². The third-order valence-electron chi connectivity index (χ3n) is 6.77. The Bertz CT molecular complexity index is 1180. The number of amidine groups is 1. The molecular weight excluding hydrogens is 446 g/mol. The SMILES string of the molecule is CC1=CC=CC2C(=O)N=C(C[C@@H](C)CC(=O)N3CCC(C(=O)c4cccc(C(=O)O)c4)CC3)N=C12. The lowest BCUT2D eigenvalue weighted by molar-refractivity contribution is -0.133. The molecule has 2 aliphatic heterocycles. The summed E-state index contributed by atoms with van der Waals surface area (Å²) in [6.45, 7) is 4.85. The van der Waals surface area contributed by atoms with Crippen LogP contribution in [-0.2, 0) is 9.59 Å². The zero-order valence-electron chi connectivity index (χ0n) is 19.9. The van der Waals surface area contributed by atoms with E-state index in [-0.39, 0.29) is 35.0 Å². The van der Waals surface area contributed by atoms with Crippen LogP contribution in [0.5, 0.6) is 0 Å². The van der Waals surface area contributed by atoms with Crippen LogP contribution in [0.25, 0.3) is 0 Å². The summed E-state index contributed by atoms with van der Waals surface area (Å²) in [4.78, 5) is 59.8. The van der Waals surface area contributed by atoms with Crippen LogP contribution in [0.15, 0.2) is 58.1 Å². The van der Waals surface area contributed by atoms with Crippen molar-refractivity contribution in [3.05, 3.63) is 59.2 Å². The zero-order chi connectivity index (χ0) is 25.1. The highest BCUT2D eigenvalue weighted by atomic mass is 16.4. The normalized spacial score (nSPS) is 21.0. The summed E-state index contributed by atoms with van der Waals surface area (Å²) in [7, 11) is 0. The first kappa shape index (κ1) is 24.4. The van der Waals surface area contributed by atoms with Gasteiger partial charge in [0.1, 0.15) is 11.8 Å². The first-order valence-electron chi connectivity index (χ1n) is 11.9. The van der Waals surface area contributed by atoms with Gasteiger partial charge in [-0.25, -0.2) is 9.79 Å². The number of amides is 2. The van der Waals surface area contributed by atoms with Crippen molar-refractivity contribution in [3.8, 4) is 0 Å². The molecule has 35 heavy (non-hydrogen) atoms. The maximum absolute atomic E-state index is 12.9. The molecule has 0 bridgehead atoms. The minimum atomic E-state index is -1.06. The molecule has 0 spiro atoms. The van der Waals surface area contributed by atoms with E-state index in [9.17, 15) is 19.2 Å². The average Bonchev–Trinajstić information content (AvgIpc) is 2.84. The number of fused-ring (bicyclic) bond motifs is 1. The molecule has 2 amide bonds. The molecule has 0 aromatic heterocycles. The van der Waals surface area contributed by atoms with Crippen molar-refractivity contribution < 1.29 is 24.3 Å². The van der Waals surface area contributed by atoms with Crippen molar-refractivity contribution in [2.24, 2.45) is 27.7 Å². The lowest BCUT2D eigenvalue weighted by atomic mass is 9.88. The topological polar surface area (TPSA) is 116 Å². The van der Waals surface area contributed by atoms with Crippen LogP contribution >= 0.6 is 0 Å². The highest BCUT2D eigenvalue weighted by Crippen LogP contribution is 2.26. The predicted molar refractivity (Wildman–Crippen MR) is 132 cm³/mol. The zero-order valence-corrected chi connectivity index (χ0v) is 19.9. The summed E-state index contributed by atoms with van der Waals surface area (Å²) >= 11 is 0. The van der Waals surface area contributed by atoms with Crippen LogP contribution in [0.4, 0.5) is 0 Å². The standard InChI is InChI=1S/C27H29N3O5/c1-16(13-22-28-24-17(2)5-3-8-21(24)26(33)29-22)14-23(31)30-11-9-18(10-12-30)25(32)19-6-4-7-20(15-19)27(34)35/h3-8,15-16,18,21H,9-14H2,1-2H3,(H,34,35)/t16-,21?/m1/s1. The summed E-state index contributed by atoms with van der Waals surface area (Å²) < 4.78 is 0. The fourth-order valence-electron chi connectivity index (χ4n) is 4.79. The summed E-state index contributed by atoms with van der Waals surface area (Å²) in [6.07, 6.45) is 7.43. The van der Waals surface area contributed by atoms with Crippen LogP contribution in [0.2, 0.25) is 0 Å². The van der Waals surface area contributed by atoms with Gasteiger partial charge in [0, 0.05) is 37.4 Å². The Morgan fingerprint density at radius 2 is 1.86 bits per heavy atom. The number of nitrogens with zero attached hydrogens (tertiary/aromatic N) is 3. The number of likely N-dealkylation sites (tertiary alicyclic amines) is 1. The minimum absolute atomic E-state index is 0.0150. The first-order chi connectivity index (χ1) is 16.7. The predicted octanol–water partition coefficient (Wildman–Crippen LogP) is 3.73. The Morgan fingerprint density at radius 3 is 2.57 bits per heavy atom. The highest BCUT2D eigenvalue weighted by Gasteiger charge is 2.31. The fraction of sp³-hybridized carbons (Fsp3) is 0.407. The van der Waals surface area contributed by atoms with Gasteiger partial charge in [-0.15, -0.1) is 0 Å². The number of ketones is 1. The molecule has 1 N–H and O–H groups in total. The number of carboxylic acids is 1. The number of aromatic carboxylic acids is 1. The molecule has 2 atom stereocenters. The Morgan fingerprint density at radius 1 is 1.14 bits per heavy atom. The number of carboxylic acid groups (broad SMARTS) is 1. The van der Waals surface area contributed by atoms with E-state index in [1.807, 2.05) is 26.0 Å². The quantitative estimate of drug-likeness (QED) is 0.603. The number of hydrogen-bond acceptors (Lipinski definition) is 5. The Labute approximate surface area is 204 Å². The molecule has 182 valence electrons. The van der Waals surface area contributed by atoms with Crippen LogP contribution in [0.3, 0.4) is 0 Å². The first-order valence-corrected chi connectivity index (χ1v) is 11.9. The molecular formula is C27H29N3O5. The van der Waals surface area contributed by atoms with Gasteiger partial charge >= 0.3 is 5.97 Å². The van der Waals surface area contributed by atoms with E-state index >= 15 is 0 Å². The molecule has 1 unspecified atom stereocenters. The van der Waals surface area contributed by atoms with E-state index in [0.717, 1.165) is 11.3 Å². The van der Waals surface area contributed by atoms with Crippen LogP contribution in [-0.4, -0.2) is 58.2 Å². The van der Waals surface area contributed by atoms with Crippen molar-refractivity contribution in [2.75, 3.05) is 13.1 Å². The molecule has 2 heterocycles. The Hall–Kier alpha value is -3.68. The number of piperidine rings is 1. The van der Waals surface area contributed by atoms with Gasteiger partial charge in [-0.05, 0) is 43.4 Å².